The maximum Gasteiger partial charge on any atom is 0.318 e. The number of nitrogens with zero attached hydrogens (tertiary/aromatic N) is 3. The van der Waals surface area contributed by atoms with Crippen LogP contribution in [0.1, 0.15) is 54.9 Å². The lowest BCUT2D eigenvalue weighted by Crippen LogP contribution is -2.39. The summed E-state index contributed by atoms with van der Waals surface area (Å²) < 4.78 is 5.47. The van der Waals surface area contributed by atoms with Gasteiger partial charge < -0.3 is 14.7 Å². The molecule has 1 saturated carbocycles. The summed E-state index contributed by atoms with van der Waals surface area (Å²) in [6, 6.07) is 14.2. The predicted octanol–water partition coefficient (Wildman–Crippen LogP) is 4.15. The molecule has 1 N–H and O–H groups in total. The number of carbonyl (C=O) groups excluding carboxylic acids is 1. The van der Waals surface area contributed by atoms with Gasteiger partial charge in [0.05, 0.1) is 0 Å². The van der Waals surface area contributed by atoms with Crippen LogP contribution in [0.2, 0.25) is 0 Å². The van der Waals surface area contributed by atoms with Crippen LogP contribution in [-0.4, -0.2) is 27.6 Å². The normalized spacial score (nSPS) is 19.6. The Labute approximate surface area is 157 Å². The average molecular weight is 362 g/mol. The van der Waals surface area contributed by atoms with Crippen LogP contribution in [0.4, 0.5) is 4.79 Å². The monoisotopic (exact) mass is 362 g/mol. The number of likely N-dealkylation sites (tertiary alicyclic amines) is 1. The summed E-state index contributed by atoms with van der Waals surface area (Å²) in [6.07, 6.45) is 4.10. The zero-order chi connectivity index (χ0) is 18.2. The summed E-state index contributed by atoms with van der Waals surface area (Å²) >= 11 is 0. The second-order valence-electron chi connectivity index (χ2n) is 7.41. The highest BCUT2D eigenvalue weighted by Crippen LogP contribution is 2.39. The molecular weight excluding hydrogens is 340 g/mol. The molecule has 3 aromatic rings. The molecule has 1 aromatic heterocycles. The van der Waals surface area contributed by atoms with E-state index in [-0.39, 0.29) is 12.1 Å². The summed E-state index contributed by atoms with van der Waals surface area (Å²) in [7, 11) is 0. The Bertz CT molecular complexity index is 974. The van der Waals surface area contributed by atoms with Crippen molar-refractivity contribution in [2.75, 3.05) is 6.54 Å². The summed E-state index contributed by atoms with van der Waals surface area (Å²) in [5.74, 6) is 1.83. The fourth-order valence-corrected chi connectivity index (χ4v) is 3.88. The van der Waals surface area contributed by atoms with Gasteiger partial charge >= 0.3 is 6.03 Å². The molecule has 27 heavy (non-hydrogen) atoms. The fourth-order valence-electron chi connectivity index (χ4n) is 3.88. The molecule has 2 amide bonds. The van der Waals surface area contributed by atoms with Gasteiger partial charge in [0, 0.05) is 19.0 Å². The lowest BCUT2D eigenvalue weighted by molar-refractivity contribution is 0.180. The summed E-state index contributed by atoms with van der Waals surface area (Å²) in [5, 5.41) is 9.52. The van der Waals surface area contributed by atoms with E-state index in [1.165, 1.54) is 10.8 Å². The quantitative estimate of drug-likeness (QED) is 0.757. The molecule has 2 fully saturated rings. The Hall–Kier alpha value is -2.89. The van der Waals surface area contributed by atoms with Gasteiger partial charge in [0.2, 0.25) is 5.89 Å². The molecule has 0 spiro atoms. The zero-order valence-electron chi connectivity index (χ0n) is 15.1. The number of fused-ring (bicyclic) bond motifs is 1. The van der Waals surface area contributed by atoms with Crippen molar-refractivity contribution >= 4 is 16.8 Å². The second-order valence-corrected chi connectivity index (χ2v) is 7.41. The lowest BCUT2D eigenvalue weighted by atomic mass is 10.0. The van der Waals surface area contributed by atoms with E-state index in [0.29, 0.717) is 24.9 Å². The molecule has 2 heterocycles. The first-order valence-electron chi connectivity index (χ1n) is 9.64. The van der Waals surface area contributed by atoms with Gasteiger partial charge in [0.25, 0.3) is 0 Å². The number of carbonyl (C=O) groups is 1. The first-order chi connectivity index (χ1) is 13.3. The van der Waals surface area contributed by atoms with E-state index in [0.717, 1.165) is 37.1 Å². The lowest BCUT2D eigenvalue weighted by Gasteiger charge is -2.22. The molecule has 1 saturated heterocycles. The number of hydrogen-bond donors (Lipinski definition) is 1. The molecule has 1 aliphatic carbocycles. The predicted molar refractivity (Wildman–Crippen MR) is 101 cm³/mol. The van der Waals surface area contributed by atoms with Crippen molar-refractivity contribution in [2.45, 2.75) is 44.2 Å². The van der Waals surface area contributed by atoms with Gasteiger partial charge in [0.1, 0.15) is 6.04 Å². The van der Waals surface area contributed by atoms with E-state index in [2.05, 4.69) is 39.7 Å². The number of nitrogens with one attached hydrogen (secondary N) is 1. The topological polar surface area (TPSA) is 71.3 Å². The Balaban J connectivity index is 1.29. The molecule has 6 nitrogen and oxygen atoms in total. The van der Waals surface area contributed by atoms with E-state index in [1.807, 2.05) is 23.1 Å². The van der Waals surface area contributed by atoms with E-state index < -0.39 is 0 Å². The number of rotatable bonds is 4. The maximum atomic E-state index is 12.8. The third kappa shape index (κ3) is 3.16. The highest BCUT2D eigenvalue weighted by Gasteiger charge is 2.36. The van der Waals surface area contributed by atoms with Gasteiger partial charge in [-0.2, -0.15) is 4.98 Å². The average Bonchev–Trinajstić information content (AvgIpc) is 3.23. The molecular formula is C21H22N4O2. The minimum atomic E-state index is -0.113. The summed E-state index contributed by atoms with van der Waals surface area (Å²) in [6.45, 7) is 1.22. The van der Waals surface area contributed by atoms with Crippen molar-refractivity contribution in [1.29, 1.82) is 0 Å². The van der Waals surface area contributed by atoms with Crippen molar-refractivity contribution in [2.24, 2.45) is 0 Å². The molecule has 138 valence electrons. The minimum Gasteiger partial charge on any atom is -0.337 e. The van der Waals surface area contributed by atoms with Gasteiger partial charge in [0.15, 0.2) is 5.82 Å². The third-order valence-electron chi connectivity index (χ3n) is 5.51. The van der Waals surface area contributed by atoms with Gasteiger partial charge in [-0.1, -0.05) is 47.6 Å². The molecule has 1 aliphatic heterocycles. The number of hydrogen-bond acceptors (Lipinski definition) is 4. The van der Waals surface area contributed by atoms with Crippen LogP contribution in [0.3, 0.4) is 0 Å². The summed E-state index contributed by atoms with van der Waals surface area (Å²) in [5.41, 5.74) is 1.12. The SMILES string of the molecule is O=C(NCc1cccc2ccccc12)N1CCCC1c1nc(C2CC2)no1. The van der Waals surface area contributed by atoms with Gasteiger partial charge in [-0.25, -0.2) is 4.79 Å². The molecule has 5 rings (SSSR count). The molecule has 0 bridgehead atoms. The zero-order valence-corrected chi connectivity index (χ0v) is 15.1. The highest BCUT2D eigenvalue weighted by atomic mass is 16.5. The van der Waals surface area contributed by atoms with E-state index >= 15 is 0 Å². The highest BCUT2D eigenvalue weighted by molar-refractivity contribution is 5.86. The van der Waals surface area contributed by atoms with Crippen LogP contribution >= 0.6 is 0 Å². The molecule has 2 aliphatic rings. The smallest absolute Gasteiger partial charge is 0.318 e. The first-order valence-corrected chi connectivity index (χ1v) is 9.64. The molecule has 6 heteroatoms. The number of urea groups is 1. The van der Waals surface area contributed by atoms with Crippen molar-refractivity contribution < 1.29 is 9.32 Å². The fraction of sp³-hybridized carbons (Fsp3) is 0.381. The second kappa shape index (κ2) is 6.68. The third-order valence-corrected chi connectivity index (χ3v) is 5.51. The van der Waals surface area contributed by atoms with Crippen molar-refractivity contribution in [1.82, 2.24) is 20.4 Å². The van der Waals surface area contributed by atoms with Gasteiger partial charge in [-0.3, -0.25) is 0 Å². The molecule has 2 aromatic carbocycles. The van der Waals surface area contributed by atoms with Gasteiger partial charge in [-0.15, -0.1) is 0 Å². The first kappa shape index (κ1) is 16.3. The number of aromatic nitrogens is 2. The Morgan fingerprint density at radius 3 is 2.89 bits per heavy atom. The molecule has 1 atom stereocenters. The van der Waals surface area contributed by atoms with Crippen LogP contribution in [0.5, 0.6) is 0 Å². The van der Waals surface area contributed by atoms with Crippen molar-refractivity contribution in [3.8, 4) is 0 Å². The number of benzene rings is 2. The van der Waals surface area contributed by atoms with Crippen LogP contribution in [0.15, 0.2) is 47.0 Å². The number of amides is 2. The van der Waals surface area contributed by atoms with E-state index in [9.17, 15) is 4.79 Å². The standard InChI is InChI=1S/C21H22N4O2/c26-21(22-13-16-7-3-6-14-5-1-2-8-17(14)16)25-12-4-9-18(25)20-23-19(24-27-20)15-10-11-15/h1-3,5-8,15,18H,4,9-13H2,(H,22,26). The maximum absolute atomic E-state index is 12.8. The van der Waals surface area contributed by atoms with Crippen LogP contribution < -0.4 is 5.32 Å². The largest absolute Gasteiger partial charge is 0.337 e. The Kier molecular flexibility index (Phi) is 4.03. The summed E-state index contributed by atoms with van der Waals surface area (Å²) in [4.78, 5) is 19.2. The Morgan fingerprint density at radius 1 is 1.15 bits per heavy atom. The van der Waals surface area contributed by atoms with Crippen molar-refractivity contribution in [3.63, 3.8) is 0 Å². The van der Waals surface area contributed by atoms with Gasteiger partial charge in [-0.05, 0) is 42.0 Å². The van der Waals surface area contributed by atoms with E-state index in [4.69, 9.17) is 4.52 Å². The molecule has 1 unspecified atom stereocenters. The molecule has 0 radical (unpaired) electrons. The Morgan fingerprint density at radius 2 is 2.00 bits per heavy atom. The minimum absolute atomic E-state index is 0.0726. The van der Waals surface area contributed by atoms with E-state index in [1.54, 1.807) is 0 Å². The van der Waals surface area contributed by atoms with Crippen LogP contribution in [0, 0.1) is 0 Å². The van der Waals surface area contributed by atoms with Crippen molar-refractivity contribution in [3.05, 3.63) is 59.7 Å². The van der Waals surface area contributed by atoms with Crippen LogP contribution in [-0.2, 0) is 6.54 Å². The van der Waals surface area contributed by atoms with Crippen LogP contribution in [0.25, 0.3) is 10.8 Å².